The number of carbonyl (C=O) groups is 1. The molecule has 0 aliphatic heterocycles. The van der Waals surface area contributed by atoms with E-state index in [2.05, 4.69) is 31.4 Å². The maximum Gasteiger partial charge on any atom is 0.234 e. The zero-order chi connectivity index (χ0) is 16.2. The van der Waals surface area contributed by atoms with Gasteiger partial charge in [-0.15, -0.1) is 10.2 Å². The fourth-order valence-electron chi connectivity index (χ4n) is 1.94. The van der Waals surface area contributed by atoms with E-state index in [-0.39, 0.29) is 11.7 Å². The number of amides is 1. The Balaban J connectivity index is 1.63. The summed E-state index contributed by atoms with van der Waals surface area (Å²) < 4.78 is 7.96. The SMILES string of the molecule is Cn1c(SCC(=O)Nc2ccccc2Br)nnc1-c1ccco1. The second-order valence-corrected chi connectivity index (χ2v) is 6.46. The van der Waals surface area contributed by atoms with E-state index in [1.54, 1.807) is 16.9 Å². The van der Waals surface area contributed by atoms with Crippen LogP contribution in [0.1, 0.15) is 0 Å². The van der Waals surface area contributed by atoms with Gasteiger partial charge in [-0.1, -0.05) is 23.9 Å². The number of nitrogens with one attached hydrogen (secondary N) is 1. The van der Waals surface area contributed by atoms with Crippen LogP contribution < -0.4 is 5.32 Å². The van der Waals surface area contributed by atoms with E-state index < -0.39 is 0 Å². The third-order valence-electron chi connectivity index (χ3n) is 3.06. The van der Waals surface area contributed by atoms with Crippen LogP contribution in [-0.2, 0) is 11.8 Å². The van der Waals surface area contributed by atoms with Crippen LogP contribution in [0.5, 0.6) is 0 Å². The van der Waals surface area contributed by atoms with Crippen LogP contribution in [0.15, 0.2) is 56.7 Å². The van der Waals surface area contributed by atoms with E-state index in [1.807, 2.05) is 37.4 Å². The van der Waals surface area contributed by atoms with Gasteiger partial charge in [0.25, 0.3) is 0 Å². The summed E-state index contributed by atoms with van der Waals surface area (Å²) in [6.45, 7) is 0. The minimum Gasteiger partial charge on any atom is -0.461 e. The Labute approximate surface area is 145 Å². The molecule has 3 aromatic rings. The van der Waals surface area contributed by atoms with Crippen LogP contribution in [0.25, 0.3) is 11.6 Å². The van der Waals surface area contributed by atoms with Crippen molar-refractivity contribution in [3.63, 3.8) is 0 Å². The summed E-state index contributed by atoms with van der Waals surface area (Å²) in [6.07, 6.45) is 1.59. The molecular weight excluding hydrogens is 380 g/mol. The lowest BCUT2D eigenvalue weighted by molar-refractivity contribution is -0.113. The van der Waals surface area contributed by atoms with Crippen molar-refractivity contribution in [3.8, 4) is 11.6 Å². The number of thioether (sulfide) groups is 1. The average molecular weight is 393 g/mol. The number of hydrogen-bond acceptors (Lipinski definition) is 5. The number of hydrogen-bond donors (Lipinski definition) is 1. The maximum atomic E-state index is 12.1. The molecule has 6 nitrogen and oxygen atoms in total. The Bertz CT molecular complexity index is 817. The quantitative estimate of drug-likeness (QED) is 0.671. The van der Waals surface area contributed by atoms with Crippen LogP contribution in [0.3, 0.4) is 0 Å². The molecule has 1 amide bonds. The molecule has 0 aliphatic carbocycles. The smallest absolute Gasteiger partial charge is 0.234 e. The predicted octanol–water partition coefficient (Wildman–Crippen LogP) is 3.57. The number of para-hydroxylation sites is 1. The molecule has 0 spiro atoms. The van der Waals surface area contributed by atoms with Crippen molar-refractivity contribution < 1.29 is 9.21 Å². The first kappa shape index (κ1) is 15.8. The molecule has 0 radical (unpaired) electrons. The third-order valence-corrected chi connectivity index (χ3v) is 4.77. The Morgan fingerprint density at radius 2 is 2.13 bits per heavy atom. The Kier molecular flexibility index (Phi) is 4.82. The highest BCUT2D eigenvalue weighted by Crippen LogP contribution is 2.24. The zero-order valence-electron chi connectivity index (χ0n) is 12.2. The van der Waals surface area contributed by atoms with Gasteiger partial charge in [0.05, 0.1) is 17.7 Å². The largest absolute Gasteiger partial charge is 0.461 e. The Morgan fingerprint density at radius 1 is 1.30 bits per heavy atom. The molecule has 8 heteroatoms. The maximum absolute atomic E-state index is 12.1. The molecule has 118 valence electrons. The summed E-state index contributed by atoms with van der Waals surface area (Å²) in [5.41, 5.74) is 0.743. The van der Waals surface area contributed by atoms with Crippen LogP contribution in [0.2, 0.25) is 0 Å². The van der Waals surface area contributed by atoms with Gasteiger partial charge in [-0.25, -0.2) is 0 Å². The number of carbonyl (C=O) groups excluding carboxylic acids is 1. The summed E-state index contributed by atoms with van der Waals surface area (Å²) in [6, 6.07) is 11.1. The first-order chi connectivity index (χ1) is 11.1. The third kappa shape index (κ3) is 3.65. The first-order valence-corrected chi connectivity index (χ1v) is 8.53. The van der Waals surface area contributed by atoms with Crippen molar-refractivity contribution in [1.82, 2.24) is 14.8 Å². The highest BCUT2D eigenvalue weighted by molar-refractivity contribution is 9.10. The van der Waals surface area contributed by atoms with E-state index in [0.717, 1.165) is 10.2 Å². The zero-order valence-corrected chi connectivity index (χ0v) is 14.6. The molecular formula is C15H13BrN4O2S. The van der Waals surface area contributed by atoms with Crippen molar-refractivity contribution >= 4 is 39.3 Å². The molecule has 0 unspecified atom stereocenters. The minimum atomic E-state index is -0.107. The first-order valence-electron chi connectivity index (χ1n) is 6.75. The number of anilines is 1. The van der Waals surface area contributed by atoms with Crippen molar-refractivity contribution in [1.29, 1.82) is 0 Å². The van der Waals surface area contributed by atoms with Gasteiger partial charge in [0.2, 0.25) is 5.91 Å². The number of aromatic nitrogens is 3. The fourth-order valence-corrected chi connectivity index (χ4v) is 3.03. The normalized spacial score (nSPS) is 10.7. The lowest BCUT2D eigenvalue weighted by Gasteiger charge is -2.06. The summed E-state index contributed by atoms with van der Waals surface area (Å²) in [5, 5.41) is 11.7. The number of benzene rings is 1. The molecule has 0 aliphatic rings. The topological polar surface area (TPSA) is 73.0 Å². The van der Waals surface area contributed by atoms with Crippen LogP contribution in [0, 0.1) is 0 Å². The molecule has 1 aromatic carbocycles. The van der Waals surface area contributed by atoms with Gasteiger partial charge in [-0.05, 0) is 40.2 Å². The molecule has 0 atom stereocenters. The molecule has 0 bridgehead atoms. The molecule has 2 aromatic heterocycles. The summed E-state index contributed by atoms with van der Waals surface area (Å²) in [4.78, 5) is 12.1. The fraction of sp³-hybridized carbons (Fsp3) is 0.133. The van der Waals surface area contributed by atoms with E-state index in [1.165, 1.54) is 11.8 Å². The predicted molar refractivity (Wildman–Crippen MR) is 92.2 cm³/mol. The van der Waals surface area contributed by atoms with Crippen molar-refractivity contribution in [2.45, 2.75) is 5.16 Å². The van der Waals surface area contributed by atoms with Gasteiger partial charge in [0, 0.05) is 11.5 Å². The minimum absolute atomic E-state index is 0.107. The van der Waals surface area contributed by atoms with E-state index in [9.17, 15) is 4.79 Å². The molecule has 3 rings (SSSR count). The van der Waals surface area contributed by atoms with Crippen molar-refractivity contribution in [2.24, 2.45) is 7.05 Å². The molecule has 0 fully saturated rings. The Hall–Kier alpha value is -2.06. The average Bonchev–Trinajstić information content (AvgIpc) is 3.17. The molecule has 2 heterocycles. The second kappa shape index (κ2) is 7.01. The number of rotatable bonds is 5. The van der Waals surface area contributed by atoms with Gasteiger partial charge in [0.1, 0.15) is 0 Å². The lowest BCUT2D eigenvalue weighted by Crippen LogP contribution is -2.14. The van der Waals surface area contributed by atoms with Crippen LogP contribution >= 0.6 is 27.7 Å². The summed E-state index contributed by atoms with van der Waals surface area (Å²) in [5.74, 6) is 1.41. The molecule has 0 saturated heterocycles. The van der Waals surface area contributed by atoms with Gasteiger partial charge in [0.15, 0.2) is 16.7 Å². The van der Waals surface area contributed by atoms with Gasteiger partial charge in [-0.2, -0.15) is 0 Å². The second-order valence-electron chi connectivity index (χ2n) is 4.66. The highest BCUT2D eigenvalue weighted by atomic mass is 79.9. The van der Waals surface area contributed by atoms with Gasteiger partial charge >= 0.3 is 0 Å². The summed E-state index contributed by atoms with van der Waals surface area (Å²) >= 11 is 4.72. The number of halogens is 1. The molecule has 1 N–H and O–H groups in total. The van der Waals surface area contributed by atoms with Crippen LogP contribution in [-0.4, -0.2) is 26.4 Å². The number of furan rings is 1. The van der Waals surface area contributed by atoms with Gasteiger partial charge < -0.3 is 14.3 Å². The number of nitrogens with zero attached hydrogens (tertiary/aromatic N) is 3. The lowest BCUT2D eigenvalue weighted by atomic mass is 10.3. The van der Waals surface area contributed by atoms with E-state index >= 15 is 0 Å². The van der Waals surface area contributed by atoms with E-state index in [0.29, 0.717) is 16.7 Å². The van der Waals surface area contributed by atoms with Crippen LogP contribution in [0.4, 0.5) is 5.69 Å². The van der Waals surface area contributed by atoms with E-state index in [4.69, 9.17) is 4.42 Å². The standard InChI is InChI=1S/C15H13BrN4O2S/c1-20-14(12-7-4-8-22-12)18-19-15(20)23-9-13(21)17-11-6-3-2-5-10(11)16/h2-8H,9H2,1H3,(H,17,21). The van der Waals surface area contributed by atoms with Crippen molar-refractivity contribution in [3.05, 3.63) is 47.1 Å². The van der Waals surface area contributed by atoms with Crippen molar-refractivity contribution in [2.75, 3.05) is 11.1 Å². The highest BCUT2D eigenvalue weighted by Gasteiger charge is 2.14. The van der Waals surface area contributed by atoms with Gasteiger partial charge in [-0.3, -0.25) is 4.79 Å². The monoisotopic (exact) mass is 392 g/mol. The molecule has 0 saturated carbocycles. The Morgan fingerprint density at radius 3 is 2.87 bits per heavy atom. The molecule has 23 heavy (non-hydrogen) atoms. The summed E-state index contributed by atoms with van der Waals surface area (Å²) in [7, 11) is 1.84.